The van der Waals surface area contributed by atoms with Gasteiger partial charge in [-0.15, -0.1) is 0 Å². The Kier molecular flexibility index (Phi) is 4.02. The number of amides is 1. The number of hydrogen-bond donors (Lipinski definition) is 1. The fourth-order valence-electron chi connectivity index (χ4n) is 2.31. The lowest BCUT2D eigenvalue weighted by atomic mass is 10.1. The molecule has 1 aromatic carbocycles. The molecule has 7 nitrogen and oxygen atoms in total. The van der Waals surface area contributed by atoms with Crippen molar-refractivity contribution in [3.8, 4) is 5.13 Å². The minimum Gasteiger partial charge on any atom is -0.365 e. The van der Waals surface area contributed by atoms with Crippen molar-refractivity contribution in [2.75, 3.05) is 0 Å². The van der Waals surface area contributed by atoms with Gasteiger partial charge in [0.1, 0.15) is 17.0 Å². The van der Waals surface area contributed by atoms with Crippen LogP contribution in [0.25, 0.3) is 5.13 Å². The predicted octanol–water partition coefficient (Wildman–Crippen LogP) is 1.65. The Morgan fingerprint density at radius 1 is 1.33 bits per heavy atom. The Hall–Kier alpha value is -2.81. The van der Waals surface area contributed by atoms with Crippen LogP contribution in [0.15, 0.2) is 35.4 Å². The summed E-state index contributed by atoms with van der Waals surface area (Å²) in [6.07, 6.45) is 1.34. The van der Waals surface area contributed by atoms with Gasteiger partial charge in [-0.3, -0.25) is 4.79 Å². The van der Waals surface area contributed by atoms with Crippen LogP contribution in [0.3, 0.4) is 0 Å². The minimum absolute atomic E-state index is 0.302. The maximum Gasteiger partial charge on any atom is 0.352 e. The summed E-state index contributed by atoms with van der Waals surface area (Å²) in [6.45, 7) is 3.44. The van der Waals surface area contributed by atoms with E-state index < -0.39 is 11.6 Å². The van der Waals surface area contributed by atoms with E-state index in [1.54, 1.807) is 26.0 Å². The first-order chi connectivity index (χ1) is 11.4. The lowest BCUT2D eigenvalue weighted by Gasteiger charge is -2.10. The number of nitrogens with two attached hydrogens (primary N) is 1. The van der Waals surface area contributed by atoms with Gasteiger partial charge in [0.25, 0.3) is 5.91 Å². The number of carbonyl (C=O) groups is 1. The number of hydrogen-bond acceptors (Lipinski definition) is 5. The van der Waals surface area contributed by atoms with Crippen molar-refractivity contribution in [3.05, 3.63) is 63.0 Å². The highest BCUT2D eigenvalue weighted by Gasteiger charge is 2.19. The van der Waals surface area contributed by atoms with Crippen LogP contribution in [0.4, 0.5) is 4.39 Å². The molecule has 0 aliphatic heterocycles. The van der Waals surface area contributed by atoms with Crippen molar-refractivity contribution < 1.29 is 9.18 Å². The molecule has 3 aromatic rings. The first-order valence-electron chi connectivity index (χ1n) is 7.07. The highest BCUT2D eigenvalue weighted by Crippen LogP contribution is 2.21. The first kappa shape index (κ1) is 16.1. The van der Waals surface area contributed by atoms with Crippen molar-refractivity contribution >= 4 is 17.2 Å². The van der Waals surface area contributed by atoms with Crippen LogP contribution in [-0.2, 0) is 0 Å². The number of thiazole rings is 1. The summed E-state index contributed by atoms with van der Waals surface area (Å²) in [7, 11) is 0. The van der Waals surface area contributed by atoms with Crippen LogP contribution in [0.1, 0.15) is 33.9 Å². The molecule has 24 heavy (non-hydrogen) atoms. The second kappa shape index (κ2) is 6.00. The van der Waals surface area contributed by atoms with Crippen molar-refractivity contribution in [1.29, 1.82) is 0 Å². The Morgan fingerprint density at radius 3 is 2.58 bits per heavy atom. The molecule has 3 rings (SSSR count). The van der Waals surface area contributed by atoms with Crippen molar-refractivity contribution in [2.24, 2.45) is 5.73 Å². The average molecular weight is 347 g/mol. The Morgan fingerprint density at radius 2 is 2.00 bits per heavy atom. The van der Waals surface area contributed by atoms with Gasteiger partial charge in [-0.2, -0.15) is 5.10 Å². The number of halogens is 1. The van der Waals surface area contributed by atoms with Gasteiger partial charge in [-0.25, -0.2) is 23.4 Å². The molecule has 0 aliphatic rings. The fourth-order valence-corrected chi connectivity index (χ4v) is 3.19. The van der Waals surface area contributed by atoms with Gasteiger partial charge >= 0.3 is 5.69 Å². The van der Waals surface area contributed by atoms with Crippen LogP contribution in [0.2, 0.25) is 0 Å². The van der Waals surface area contributed by atoms with Crippen molar-refractivity contribution in [3.63, 3.8) is 0 Å². The molecule has 2 aromatic heterocycles. The zero-order valence-electron chi connectivity index (χ0n) is 12.9. The van der Waals surface area contributed by atoms with Gasteiger partial charge in [0.05, 0.1) is 11.7 Å². The molecule has 124 valence electrons. The zero-order valence-corrected chi connectivity index (χ0v) is 13.7. The average Bonchev–Trinajstić information content (AvgIpc) is 3.10. The normalized spacial score (nSPS) is 12.3. The second-order valence-electron chi connectivity index (χ2n) is 5.23. The molecular weight excluding hydrogens is 333 g/mol. The van der Waals surface area contributed by atoms with Gasteiger partial charge in [-0.1, -0.05) is 23.5 Å². The molecule has 0 fully saturated rings. The zero-order chi connectivity index (χ0) is 17.4. The topological polar surface area (TPSA) is 95.8 Å². The number of benzene rings is 1. The quantitative estimate of drug-likeness (QED) is 0.776. The van der Waals surface area contributed by atoms with Crippen LogP contribution in [0, 0.1) is 12.7 Å². The molecule has 1 unspecified atom stereocenters. The lowest BCUT2D eigenvalue weighted by molar-refractivity contribution is 0.100. The first-order valence-corrected chi connectivity index (χ1v) is 7.89. The Bertz CT molecular complexity index is 957. The highest BCUT2D eigenvalue weighted by molar-refractivity contribution is 7.16. The maximum absolute atomic E-state index is 13.0. The van der Waals surface area contributed by atoms with Gasteiger partial charge in [-0.05, 0) is 31.5 Å². The van der Waals surface area contributed by atoms with E-state index in [0.29, 0.717) is 15.7 Å². The van der Waals surface area contributed by atoms with E-state index in [-0.39, 0.29) is 11.9 Å². The van der Waals surface area contributed by atoms with Crippen LogP contribution in [-0.4, -0.2) is 25.2 Å². The van der Waals surface area contributed by atoms with Gasteiger partial charge < -0.3 is 5.73 Å². The maximum atomic E-state index is 13.0. The number of primary amides is 1. The number of rotatable bonds is 4. The molecule has 0 spiro atoms. The smallest absolute Gasteiger partial charge is 0.352 e. The van der Waals surface area contributed by atoms with E-state index in [0.717, 1.165) is 16.9 Å². The Balaban J connectivity index is 2.00. The summed E-state index contributed by atoms with van der Waals surface area (Å²) in [6, 6.07) is 5.49. The summed E-state index contributed by atoms with van der Waals surface area (Å²) in [5.74, 6) is -0.933. The predicted molar refractivity (Wildman–Crippen MR) is 87.0 cm³/mol. The third kappa shape index (κ3) is 2.73. The third-order valence-corrected chi connectivity index (χ3v) is 4.80. The molecular formula is C15H14FN5O2S. The summed E-state index contributed by atoms with van der Waals surface area (Å²) in [5.41, 5.74) is 6.09. The van der Waals surface area contributed by atoms with Crippen molar-refractivity contribution in [1.82, 2.24) is 19.3 Å². The van der Waals surface area contributed by atoms with Crippen molar-refractivity contribution in [2.45, 2.75) is 19.9 Å². The SMILES string of the molecule is Cc1nc(-n2cnn(C(C)c3ccc(F)cc3)c2=O)sc1C(N)=O. The van der Waals surface area contributed by atoms with E-state index in [1.165, 1.54) is 27.7 Å². The molecule has 2 heterocycles. The van der Waals surface area contributed by atoms with Gasteiger partial charge in [0.2, 0.25) is 0 Å². The molecule has 0 radical (unpaired) electrons. The van der Waals surface area contributed by atoms with Gasteiger partial charge in [0, 0.05) is 0 Å². The van der Waals surface area contributed by atoms with Crippen LogP contribution in [0.5, 0.6) is 0 Å². The van der Waals surface area contributed by atoms with E-state index in [2.05, 4.69) is 10.1 Å². The van der Waals surface area contributed by atoms with E-state index >= 15 is 0 Å². The van der Waals surface area contributed by atoms with Crippen LogP contribution < -0.4 is 11.4 Å². The molecule has 1 amide bonds. The summed E-state index contributed by atoms with van der Waals surface area (Å²) < 4.78 is 15.6. The van der Waals surface area contributed by atoms with E-state index in [1.807, 2.05) is 0 Å². The molecule has 2 N–H and O–H groups in total. The lowest BCUT2D eigenvalue weighted by Crippen LogP contribution is -2.26. The third-order valence-electron chi connectivity index (χ3n) is 3.63. The van der Waals surface area contributed by atoms with E-state index in [4.69, 9.17) is 5.73 Å². The minimum atomic E-state index is -0.587. The summed E-state index contributed by atoms with van der Waals surface area (Å²) >= 11 is 1.03. The monoisotopic (exact) mass is 347 g/mol. The number of carbonyl (C=O) groups excluding carboxylic acids is 1. The number of aryl methyl sites for hydroxylation is 1. The van der Waals surface area contributed by atoms with E-state index in [9.17, 15) is 14.0 Å². The molecule has 0 bridgehead atoms. The number of nitrogens with zero attached hydrogens (tertiary/aromatic N) is 4. The summed E-state index contributed by atoms with van der Waals surface area (Å²) in [4.78, 5) is 28.4. The Labute approximate surface area is 140 Å². The van der Waals surface area contributed by atoms with Gasteiger partial charge in [0.15, 0.2) is 5.13 Å². The molecule has 0 saturated heterocycles. The standard InChI is InChI=1S/C15H14FN5O2S/c1-8-12(13(17)22)24-14(19-8)20-7-18-21(15(20)23)9(2)10-3-5-11(16)6-4-10/h3-7,9H,1-2H3,(H2,17,22). The molecule has 0 saturated carbocycles. The molecule has 9 heteroatoms. The largest absolute Gasteiger partial charge is 0.365 e. The molecule has 0 aliphatic carbocycles. The van der Waals surface area contributed by atoms with Crippen LogP contribution >= 0.6 is 11.3 Å². The fraction of sp³-hybridized carbons (Fsp3) is 0.200. The molecule has 1 atom stereocenters. The number of aromatic nitrogens is 4. The second-order valence-corrected chi connectivity index (χ2v) is 6.21. The summed E-state index contributed by atoms with van der Waals surface area (Å²) in [5, 5.41) is 4.42. The highest BCUT2D eigenvalue weighted by atomic mass is 32.1.